The van der Waals surface area contributed by atoms with E-state index in [1.807, 2.05) is 0 Å². The maximum absolute atomic E-state index is 14.4. The Bertz CT molecular complexity index is 1430. The van der Waals surface area contributed by atoms with Crippen molar-refractivity contribution in [3.63, 3.8) is 0 Å². The zero-order chi connectivity index (χ0) is 26.7. The number of carbonyl (C=O) groups is 1. The quantitative estimate of drug-likeness (QED) is 0.228. The number of aryl methyl sites for hydroxylation is 2. The first-order chi connectivity index (χ1) is 18.3. The predicted octanol–water partition coefficient (Wildman–Crippen LogP) is 7.81. The number of carbonyl (C=O) groups excluding carboxylic acids is 1. The standard InChI is InChI=1S/C29H34Cl2N6O/c1-15-21-13-32-28(30)34-26(21)36(19-9-5-6-10-19)23(15)17(3)25(38)18(4)24-16(2)22-14-33-29(31)35-27(22)37(24)20-11-7-8-12-20/h13-14,17-20H,5-12H2,1-4H3. The van der Waals surface area contributed by atoms with Gasteiger partial charge in [0.25, 0.3) is 0 Å². The zero-order valence-electron chi connectivity index (χ0n) is 22.5. The van der Waals surface area contributed by atoms with Crippen LogP contribution in [0.25, 0.3) is 22.1 Å². The first kappa shape index (κ1) is 25.8. The van der Waals surface area contributed by atoms with Gasteiger partial charge in [0.2, 0.25) is 10.6 Å². The van der Waals surface area contributed by atoms with Gasteiger partial charge in [-0.1, -0.05) is 25.7 Å². The van der Waals surface area contributed by atoms with Gasteiger partial charge < -0.3 is 9.13 Å². The Morgan fingerprint density at radius 3 is 1.50 bits per heavy atom. The largest absolute Gasteiger partial charge is 0.325 e. The molecule has 0 saturated heterocycles. The monoisotopic (exact) mass is 552 g/mol. The molecule has 0 N–H and O–H groups in total. The van der Waals surface area contributed by atoms with Gasteiger partial charge in [-0.05, 0) is 87.7 Å². The molecule has 200 valence electrons. The van der Waals surface area contributed by atoms with Crippen LogP contribution in [0.15, 0.2) is 12.4 Å². The Hall–Kier alpha value is -2.51. The number of nitrogens with zero attached hydrogens (tertiary/aromatic N) is 6. The van der Waals surface area contributed by atoms with Crippen molar-refractivity contribution in [2.45, 2.75) is 103 Å². The van der Waals surface area contributed by atoms with E-state index in [-0.39, 0.29) is 28.2 Å². The molecule has 2 atom stereocenters. The molecule has 0 aromatic carbocycles. The van der Waals surface area contributed by atoms with Gasteiger partial charge in [0.15, 0.2) is 0 Å². The molecule has 4 heterocycles. The molecule has 2 saturated carbocycles. The lowest BCUT2D eigenvalue weighted by Gasteiger charge is -2.25. The summed E-state index contributed by atoms with van der Waals surface area (Å²) in [6.45, 7) is 8.28. The first-order valence-electron chi connectivity index (χ1n) is 13.9. The van der Waals surface area contributed by atoms with Crippen molar-refractivity contribution in [2.75, 3.05) is 0 Å². The minimum Gasteiger partial charge on any atom is -0.325 e. The third-order valence-electron chi connectivity index (χ3n) is 9.08. The summed E-state index contributed by atoms with van der Waals surface area (Å²) in [6, 6.07) is 0.642. The molecule has 2 fully saturated rings. The van der Waals surface area contributed by atoms with Crippen LogP contribution in [0.4, 0.5) is 0 Å². The summed E-state index contributed by atoms with van der Waals surface area (Å²) in [5.41, 5.74) is 5.93. The van der Waals surface area contributed by atoms with Crippen LogP contribution >= 0.6 is 23.2 Å². The van der Waals surface area contributed by atoms with Crippen molar-refractivity contribution in [3.8, 4) is 0 Å². The molecule has 2 aliphatic rings. The zero-order valence-corrected chi connectivity index (χ0v) is 24.0. The number of aromatic nitrogens is 6. The van der Waals surface area contributed by atoms with E-state index in [1.165, 1.54) is 25.7 Å². The summed E-state index contributed by atoms with van der Waals surface area (Å²) in [4.78, 5) is 32.2. The van der Waals surface area contributed by atoms with Gasteiger partial charge in [-0.25, -0.2) is 9.97 Å². The van der Waals surface area contributed by atoms with Crippen LogP contribution in [0.2, 0.25) is 10.6 Å². The van der Waals surface area contributed by atoms with E-state index in [2.05, 4.69) is 56.8 Å². The summed E-state index contributed by atoms with van der Waals surface area (Å²) in [6.07, 6.45) is 12.7. The molecular weight excluding hydrogens is 519 g/mol. The number of hydrogen-bond donors (Lipinski definition) is 0. The van der Waals surface area contributed by atoms with Gasteiger partial charge in [-0.15, -0.1) is 0 Å². The molecule has 2 unspecified atom stereocenters. The fraction of sp³-hybridized carbons (Fsp3) is 0.552. The molecule has 4 aromatic rings. The van der Waals surface area contributed by atoms with Gasteiger partial charge in [0, 0.05) is 46.6 Å². The molecule has 0 bridgehead atoms. The Kier molecular flexibility index (Phi) is 6.71. The van der Waals surface area contributed by atoms with Gasteiger partial charge in [0.05, 0.1) is 11.8 Å². The topological polar surface area (TPSA) is 78.5 Å². The number of Topliss-reactive ketones (excluding diaryl/α,β-unsaturated/α-hetero) is 1. The van der Waals surface area contributed by atoms with Gasteiger partial charge in [-0.3, -0.25) is 4.79 Å². The number of fused-ring (bicyclic) bond motifs is 2. The molecule has 0 radical (unpaired) electrons. The van der Waals surface area contributed by atoms with E-state index in [0.29, 0.717) is 12.1 Å². The summed E-state index contributed by atoms with van der Waals surface area (Å²) < 4.78 is 4.62. The summed E-state index contributed by atoms with van der Waals surface area (Å²) >= 11 is 12.5. The van der Waals surface area contributed by atoms with Crippen molar-refractivity contribution < 1.29 is 4.79 Å². The molecule has 7 nitrogen and oxygen atoms in total. The lowest BCUT2D eigenvalue weighted by molar-refractivity contribution is -0.121. The molecular formula is C29H34Cl2N6O. The number of ketones is 1. The van der Waals surface area contributed by atoms with E-state index in [1.54, 1.807) is 12.4 Å². The van der Waals surface area contributed by atoms with Gasteiger partial charge >= 0.3 is 0 Å². The smallest absolute Gasteiger partial charge is 0.224 e. The van der Waals surface area contributed by atoms with E-state index >= 15 is 0 Å². The first-order valence-corrected chi connectivity index (χ1v) is 14.6. The molecule has 9 heteroatoms. The highest BCUT2D eigenvalue weighted by Crippen LogP contribution is 2.43. The summed E-state index contributed by atoms with van der Waals surface area (Å²) in [5, 5.41) is 2.43. The van der Waals surface area contributed by atoms with E-state index in [0.717, 1.165) is 70.3 Å². The number of hydrogen-bond acceptors (Lipinski definition) is 5. The van der Waals surface area contributed by atoms with Crippen LogP contribution in [-0.4, -0.2) is 34.9 Å². The Balaban J connectivity index is 1.48. The highest BCUT2D eigenvalue weighted by molar-refractivity contribution is 6.28. The predicted molar refractivity (Wildman–Crippen MR) is 151 cm³/mol. The van der Waals surface area contributed by atoms with E-state index in [9.17, 15) is 4.79 Å². The maximum Gasteiger partial charge on any atom is 0.224 e. The third-order valence-corrected chi connectivity index (χ3v) is 9.45. The van der Waals surface area contributed by atoms with Crippen molar-refractivity contribution in [3.05, 3.63) is 45.5 Å². The van der Waals surface area contributed by atoms with Crippen molar-refractivity contribution in [1.82, 2.24) is 29.1 Å². The lowest BCUT2D eigenvalue weighted by atomic mass is 9.87. The Morgan fingerprint density at radius 1 is 0.763 bits per heavy atom. The minimum absolute atomic E-state index is 0.193. The fourth-order valence-electron chi connectivity index (χ4n) is 7.24. The minimum atomic E-state index is -0.317. The summed E-state index contributed by atoms with van der Waals surface area (Å²) in [7, 11) is 0. The molecule has 4 aromatic heterocycles. The average molecular weight is 554 g/mol. The summed E-state index contributed by atoms with van der Waals surface area (Å²) in [5.74, 6) is -0.441. The molecule has 0 amide bonds. The average Bonchev–Trinajstić information content (AvgIpc) is 3.69. The second kappa shape index (κ2) is 9.91. The van der Waals surface area contributed by atoms with Crippen LogP contribution < -0.4 is 0 Å². The maximum atomic E-state index is 14.4. The van der Waals surface area contributed by atoms with Crippen molar-refractivity contribution in [2.24, 2.45) is 0 Å². The van der Waals surface area contributed by atoms with E-state index < -0.39 is 0 Å². The second-order valence-corrected chi connectivity index (χ2v) is 11.9. The third kappa shape index (κ3) is 4.04. The van der Waals surface area contributed by atoms with E-state index in [4.69, 9.17) is 23.2 Å². The second-order valence-electron chi connectivity index (χ2n) is 11.2. The van der Waals surface area contributed by atoms with Crippen LogP contribution in [0, 0.1) is 13.8 Å². The Morgan fingerprint density at radius 2 is 1.13 bits per heavy atom. The molecule has 38 heavy (non-hydrogen) atoms. The van der Waals surface area contributed by atoms with Crippen LogP contribution in [0.5, 0.6) is 0 Å². The SMILES string of the molecule is Cc1c(C(C)C(=O)C(C)c2c(C)c3cnc(Cl)nc3n2C2CCCC2)n(C2CCCC2)c2nc(Cl)ncc12. The Labute approximate surface area is 233 Å². The fourth-order valence-corrected chi connectivity index (χ4v) is 7.50. The van der Waals surface area contributed by atoms with Gasteiger partial charge in [0.1, 0.15) is 17.1 Å². The van der Waals surface area contributed by atoms with Crippen LogP contribution in [-0.2, 0) is 4.79 Å². The van der Waals surface area contributed by atoms with Crippen molar-refractivity contribution in [1.29, 1.82) is 0 Å². The number of rotatable bonds is 6. The number of halogens is 2. The normalized spacial score (nSPS) is 18.7. The molecule has 0 aliphatic heterocycles. The highest BCUT2D eigenvalue weighted by Gasteiger charge is 2.35. The molecule has 6 rings (SSSR count). The highest BCUT2D eigenvalue weighted by atomic mass is 35.5. The molecule has 0 spiro atoms. The van der Waals surface area contributed by atoms with Crippen LogP contribution in [0.3, 0.4) is 0 Å². The lowest BCUT2D eigenvalue weighted by Crippen LogP contribution is -2.24. The van der Waals surface area contributed by atoms with Crippen LogP contribution in [0.1, 0.15) is 112 Å². The van der Waals surface area contributed by atoms with Crippen molar-refractivity contribution >= 4 is 51.1 Å². The van der Waals surface area contributed by atoms with Gasteiger partial charge in [-0.2, -0.15) is 9.97 Å². The molecule has 2 aliphatic carbocycles.